The van der Waals surface area contributed by atoms with Gasteiger partial charge in [-0.15, -0.1) is 22.7 Å². The molecule has 0 saturated heterocycles. The van der Waals surface area contributed by atoms with Gasteiger partial charge in [-0.25, -0.2) is 0 Å². The molecule has 2 heterocycles. The minimum absolute atomic E-state index is 0.839. The first kappa shape index (κ1) is 9.97. The number of hydrogen-bond donors (Lipinski definition) is 0. The Morgan fingerprint density at radius 2 is 2.14 bits per heavy atom. The van der Waals surface area contributed by atoms with Gasteiger partial charge in [-0.1, -0.05) is 17.7 Å². The molecule has 0 aliphatic carbocycles. The molecular formula is C11H9ClS2. The van der Waals surface area contributed by atoms with Gasteiger partial charge in [-0.2, -0.15) is 0 Å². The summed E-state index contributed by atoms with van der Waals surface area (Å²) in [6.07, 6.45) is 4.21. The zero-order valence-electron chi connectivity index (χ0n) is 7.66. The first-order valence-corrected chi connectivity index (χ1v) is 6.30. The van der Waals surface area contributed by atoms with Gasteiger partial charge in [0.05, 0.1) is 4.34 Å². The molecule has 3 heteroatoms. The Morgan fingerprint density at radius 3 is 2.71 bits per heavy atom. The molecule has 2 aromatic heterocycles. The van der Waals surface area contributed by atoms with Gasteiger partial charge in [0.15, 0.2) is 0 Å². The van der Waals surface area contributed by atoms with Gasteiger partial charge in [-0.3, -0.25) is 0 Å². The monoisotopic (exact) mass is 240 g/mol. The molecule has 72 valence electrons. The summed E-state index contributed by atoms with van der Waals surface area (Å²) in [6.45, 7) is 2.12. The lowest BCUT2D eigenvalue weighted by Crippen LogP contribution is -1.60. The molecule has 0 atom stereocenters. The number of rotatable bonds is 2. The van der Waals surface area contributed by atoms with Gasteiger partial charge < -0.3 is 0 Å². The molecule has 0 nitrogen and oxygen atoms in total. The van der Waals surface area contributed by atoms with Crippen LogP contribution in [0.3, 0.4) is 0 Å². The Balaban J connectivity index is 2.14. The van der Waals surface area contributed by atoms with Crippen molar-refractivity contribution in [2.24, 2.45) is 0 Å². The molecule has 0 bridgehead atoms. The zero-order chi connectivity index (χ0) is 9.97. The van der Waals surface area contributed by atoms with Gasteiger partial charge in [-0.05, 0) is 42.1 Å². The Kier molecular flexibility index (Phi) is 3.06. The van der Waals surface area contributed by atoms with Crippen LogP contribution in [0.15, 0.2) is 23.6 Å². The van der Waals surface area contributed by atoms with E-state index in [2.05, 4.69) is 30.5 Å². The first-order chi connectivity index (χ1) is 6.74. The second kappa shape index (κ2) is 4.30. The molecule has 0 spiro atoms. The first-order valence-electron chi connectivity index (χ1n) is 4.22. The van der Waals surface area contributed by atoms with E-state index >= 15 is 0 Å². The highest BCUT2D eigenvalue weighted by molar-refractivity contribution is 7.17. The summed E-state index contributed by atoms with van der Waals surface area (Å²) in [5.74, 6) is 0. The third-order valence-electron chi connectivity index (χ3n) is 1.78. The molecule has 14 heavy (non-hydrogen) atoms. The third kappa shape index (κ3) is 2.47. The quantitative estimate of drug-likeness (QED) is 0.697. The van der Waals surface area contributed by atoms with Gasteiger partial charge in [0.2, 0.25) is 0 Å². The molecule has 0 aliphatic rings. The van der Waals surface area contributed by atoms with Crippen molar-refractivity contribution < 1.29 is 0 Å². The molecule has 0 unspecified atom stereocenters. The van der Waals surface area contributed by atoms with Crippen molar-refractivity contribution in [2.75, 3.05) is 0 Å². The number of aryl methyl sites for hydroxylation is 1. The maximum absolute atomic E-state index is 5.83. The summed E-state index contributed by atoms with van der Waals surface area (Å²) < 4.78 is 0.839. The predicted octanol–water partition coefficient (Wildman–Crippen LogP) is 4.94. The van der Waals surface area contributed by atoms with Crippen LogP contribution in [0.25, 0.3) is 12.2 Å². The van der Waals surface area contributed by atoms with Crippen LogP contribution >= 0.6 is 34.3 Å². The summed E-state index contributed by atoms with van der Waals surface area (Å²) in [5.41, 5.74) is 1.26. The molecule has 2 rings (SSSR count). The van der Waals surface area contributed by atoms with Crippen LogP contribution in [-0.2, 0) is 0 Å². The molecule has 0 radical (unpaired) electrons. The SMILES string of the molecule is Cc1cc(C=Cc2ccc(Cl)s2)cs1. The largest absolute Gasteiger partial charge is 0.149 e. The molecule has 0 aromatic carbocycles. The van der Waals surface area contributed by atoms with Gasteiger partial charge in [0.25, 0.3) is 0 Å². The fourth-order valence-electron chi connectivity index (χ4n) is 1.15. The van der Waals surface area contributed by atoms with Crippen molar-refractivity contribution >= 4 is 46.4 Å². The molecule has 0 saturated carbocycles. The van der Waals surface area contributed by atoms with Crippen LogP contribution in [0.2, 0.25) is 4.34 Å². The third-order valence-corrected chi connectivity index (χ3v) is 3.86. The minimum atomic E-state index is 0.839. The molecule has 2 aromatic rings. The van der Waals surface area contributed by atoms with E-state index in [1.54, 1.807) is 22.7 Å². The summed E-state index contributed by atoms with van der Waals surface area (Å²) >= 11 is 9.20. The van der Waals surface area contributed by atoms with E-state index in [0.29, 0.717) is 0 Å². The summed E-state index contributed by atoms with van der Waals surface area (Å²) in [6, 6.07) is 6.13. The van der Waals surface area contributed by atoms with Crippen LogP contribution in [0.5, 0.6) is 0 Å². The van der Waals surface area contributed by atoms with E-state index in [9.17, 15) is 0 Å². The highest BCUT2D eigenvalue weighted by Gasteiger charge is 1.94. The van der Waals surface area contributed by atoms with Crippen LogP contribution in [0.4, 0.5) is 0 Å². The van der Waals surface area contributed by atoms with E-state index < -0.39 is 0 Å². The average molecular weight is 241 g/mol. The maximum atomic E-state index is 5.83. The summed E-state index contributed by atoms with van der Waals surface area (Å²) in [7, 11) is 0. The van der Waals surface area contributed by atoms with E-state index in [4.69, 9.17) is 11.6 Å². The Labute approximate surface area is 96.5 Å². The number of thiophene rings is 2. The number of halogens is 1. The fraction of sp³-hybridized carbons (Fsp3) is 0.0909. The average Bonchev–Trinajstić information content (AvgIpc) is 2.72. The van der Waals surface area contributed by atoms with E-state index in [1.807, 2.05) is 12.1 Å². The van der Waals surface area contributed by atoms with E-state index in [0.717, 1.165) is 4.34 Å². The van der Waals surface area contributed by atoms with Crippen molar-refractivity contribution in [3.05, 3.63) is 43.2 Å². The minimum Gasteiger partial charge on any atom is -0.149 e. The maximum Gasteiger partial charge on any atom is 0.0934 e. The summed E-state index contributed by atoms with van der Waals surface area (Å²) in [4.78, 5) is 2.53. The molecular weight excluding hydrogens is 232 g/mol. The van der Waals surface area contributed by atoms with Crippen molar-refractivity contribution in [3.63, 3.8) is 0 Å². The summed E-state index contributed by atoms with van der Waals surface area (Å²) in [5, 5.41) is 2.15. The normalized spacial score (nSPS) is 11.3. The zero-order valence-corrected chi connectivity index (χ0v) is 10.0. The molecule has 0 N–H and O–H groups in total. The van der Waals surface area contributed by atoms with Crippen molar-refractivity contribution in [1.82, 2.24) is 0 Å². The van der Waals surface area contributed by atoms with Crippen molar-refractivity contribution in [1.29, 1.82) is 0 Å². The molecule has 0 amide bonds. The van der Waals surface area contributed by atoms with E-state index in [1.165, 1.54) is 15.3 Å². The topological polar surface area (TPSA) is 0 Å². The lowest BCUT2D eigenvalue weighted by Gasteiger charge is -1.83. The standard InChI is InChI=1S/C11H9ClS2/c1-8-6-9(7-13-8)2-3-10-4-5-11(12)14-10/h2-7H,1H3. The van der Waals surface area contributed by atoms with Crippen molar-refractivity contribution in [3.8, 4) is 0 Å². The van der Waals surface area contributed by atoms with Gasteiger partial charge in [0.1, 0.15) is 0 Å². The van der Waals surface area contributed by atoms with Crippen LogP contribution in [-0.4, -0.2) is 0 Å². The Bertz CT molecular complexity index is 409. The highest BCUT2D eigenvalue weighted by Crippen LogP contribution is 2.23. The fourth-order valence-corrected chi connectivity index (χ4v) is 2.78. The second-order valence-corrected chi connectivity index (χ2v) is 5.83. The molecule has 0 aliphatic heterocycles. The lowest BCUT2D eigenvalue weighted by molar-refractivity contribution is 1.63. The second-order valence-electron chi connectivity index (χ2n) is 2.97. The lowest BCUT2D eigenvalue weighted by atomic mass is 10.3. The van der Waals surface area contributed by atoms with Crippen LogP contribution in [0.1, 0.15) is 15.3 Å². The highest BCUT2D eigenvalue weighted by atomic mass is 35.5. The van der Waals surface area contributed by atoms with E-state index in [-0.39, 0.29) is 0 Å². The van der Waals surface area contributed by atoms with Gasteiger partial charge >= 0.3 is 0 Å². The smallest absolute Gasteiger partial charge is 0.0934 e. The van der Waals surface area contributed by atoms with Crippen LogP contribution in [0, 0.1) is 6.92 Å². The van der Waals surface area contributed by atoms with Crippen LogP contribution < -0.4 is 0 Å². The number of hydrogen-bond acceptors (Lipinski definition) is 2. The Hall–Kier alpha value is -0.570. The van der Waals surface area contributed by atoms with Gasteiger partial charge in [0, 0.05) is 9.75 Å². The Morgan fingerprint density at radius 1 is 1.29 bits per heavy atom. The predicted molar refractivity (Wildman–Crippen MR) is 67.3 cm³/mol. The van der Waals surface area contributed by atoms with Crippen molar-refractivity contribution in [2.45, 2.75) is 6.92 Å². The molecule has 0 fully saturated rings.